The molecule has 0 spiro atoms. The Morgan fingerprint density at radius 1 is 0.914 bits per heavy atom. The molecule has 2 aromatic rings. The average molecular weight is 492 g/mol. The number of nitrogens with zero attached hydrogens (tertiary/aromatic N) is 4. The van der Waals surface area contributed by atoms with E-state index in [2.05, 4.69) is 41.5 Å². The van der Waals surface area contributed by atoms with E-state index in [0.717, 1.165) is 16.7 Å². The van der Waals surface area contributed by atoms with Gasteiger partial charge in [-0.3, -0.25) is 0 Å². The molecular formula is C30H20FeN4. The van der Waals surface area contributed by atoms with Crippen LogP contribution in [-0.2, 0) is 24.1 Å². The van der Waals surface area contributed by atoms with Gasteiger partial charge in [0.25, 0.3) is 0 Å². The van der Waals surface area contributed by atoms with Crippen LogP contribution in [0.5, 0.6) is 0 Å². The molecule has 168 valence electrons. The summed E-state index contributed by atoms with van der Waals surface area (Å²) in [6.07, 6.45) is 26.4. The van der Waals surface area contributed by atoms with Crippen molar-refractivity contribution in [3.8, 4) is 35.4 Å². The van der Waals surface area contributed by atoms with E-state index < -0.39 is 0 Å². The quantitative estimate of drug-likeness (QED) is 0.301. The largest absolute Gasteiger partial charge is 2.00 e. The van der Waals surface area contributed by atoms with E-state index in [4.69, 9.17) is 5.26 Å². The van der Waals surface area contributed by atoms with Gasteiger partial charge in [-0.1, -0.05) is 53.5 Å². The average Bonchev–Trinajstić information content (AvgIpc) is 3.67. The van der Waals surface area contributed by atoms with Crippen molar-refractivity contribution >= 4 is 0 Å². The smallest absolute Gasteiger partial charge is 0.318 e. The van der Waals surface area contributed by atoms with Crippen LogP contribution in [0.1, 0.15) is 17.0 Å². The molecule has 1 aromatic heterocycles. The van der Waals surface area contributed by atoms with Crippen molar-refractivity contribution in [3.63, 3.8) is 0 Å². The van der Waals surface area contributed by atoms with Gasteiger partial charge in [-0.2, -0.15) is 10.5 Å². The summed E-state index contributed by atoms with van der Waals surface area (Å²) in [7, 11) is 1.73. The van der Waals surface area contributed by atoms with Crippen LogP contribution in [0.2, 0.25) is 0 Å². The number of nitriles is 2. The molecule has 1 aromatic carbocycles. The third kappa shape index (κ3) is 6.17. The Labute approximate surface area is 217 Å². The second-order valence-corrected chi connectivity index (χ2v) is 7.46. The summed E-state index contributed by atoms with van der Waals surface area (Å²) < 4.78 is 1.63. The van der Waals surface area contributed by atoms with E-state index in [1.807, 2.05) is 92.1 Å². The Morgan fingerprint density at radius 2 is 1.69 bits per heavy atom. The van der Waals surface area contributed by atoms with Crippen LogP contribution in [-0.4, -0.2) is 9.55 Å². The number of benzene rings is 1. The van der Waals surface area contributed by atoms with E-state index in [1.54, 1.807) is 11.6 Å². The van der Waals surface area contributed by atoms with Crippen LogP contribution in [0.4, 0.5) is 0 Å². The van der Waals surface area contributed by atoms with Gasteiger partial charge >= 0.3 is 17.1 Å². The van der Waals surface area contributed by atoms with Crippen LogP contribution in [0.3, 0.4) is 0 Å². The maximum absolute atomic E-state index is 9.20. The van der Waals surface area contributed by atoms with Gasteiger partial charge in [0.1, 0.15) is 18.0 Å². The minimum Gasteiger partial charge on any atom is -0.318 e. The number of hydrogen-bond donors (Lipinski definition) is 0. The number of rotatable bonds is 1. The topological polar surface area (TPSA) is 65.4 Å². The summed E-state index contributed by atoms with van der Waals surface area (Å²) in [5.41, 5.74) is 5.43. The summed E-state index contributed by atoms with van der Waals surface area (Å²) in [5.74, 6) is 6.93. The van der Waals surface area contributed by atoms with Gasteiger partial charge in [0.15, 0.2) is 11.4 Å². The van der Waals surface area contributed by atoms with E-state index >= 15 is 0 Å². The molecule has 0 unspecified atom stereocenters. The Kier molecular flexibility index (Phi) is 8.83. The van der Waals surface area contributed by atoms with Gasteiger partial charge in [-0.05, 0) is 12.1 Å². The molecule has 0 fully saturated rings. The Bertz CT molecular complexity index is 1400. The number of imidazole rings is 1. The van der Waals surface area contributed by atoms with Gasteiger partial charge in [-0.25, -0.2) is 23.6 Å². The fourth-order valence-corrected chi connectivity index (χ4v) is 3.44. The zero-order valence-electron chi connectivity index (χ0n) is 19.0. The zero-order chi connectivity index (χ0) is 23.8. The van der Waals surface area contributed by atoms with Crippen LogP contribution in [0, 0.1) is 60.2 Å². The first kappa shape index (κ1) is 25.3. The summed E-state index contributed by atoms with van der Waals surface area (Å²) >= 11 is 0. The molecule has 0 amide bonds. The summed E-state index contributed by atoms with van der Waals surface area (Å²) in [6.45, 7) is 0. The standard InChI is InChI=1S/C25H15N4.C5H5.Fe/c1-29-24(17-27)23(16-26)28-25(29)22-14-10-19(11-15-22)7-6-18-8-12-21(13-9-18)20-4-2-3-5-20;1-2-4-5-3-1;/h2-5,8-15H,1H3;1-5H;/q2*-1;+2. The SMILES string of the molecule is Cn1c(-c2ccc(C#CC3=C[CH-]C(=C4C=CC=C4)C=C3)cc2)nc(C#N)c1C#N.[CH]1[CH][CH-]C=C1.[Fe+2]. The fourth-order valence-electron chi connectivity index (χ4n) is 3.44. The first-order valence-electron chi connectivity index (χ1n) is 10.7. The molecule has 5 heteroatoms. The number of allylic oxidation sites excluding steroid dienone is 12. The van der Waals surface area contributed by atoms with Crippen molar-refractivity contribution in [2.75, 3.05) is 0 Å². The van der Waals surface area contributed by atoms with Crippen molar-refractivity contribution in [1.82, 2.24) is 9.55 Å². The molecule has 0 N–H and O–H groups in total. The van der Waals surface area contributed by atoms with Gasteiger partial charge in [0.2, 0.25) is 0 Å². The van der Waals surface area contributed by atoms with Gasteiger partial charge < -0.3 is 4.57 Å². The van der Waals surface area contributed by atoms with E-state index in [0.29, 0.717) is 5.82 Å². The van der Waals surface area contributed by atoms with Gasteiger partial charge in [0, 0.05) is 18.2 Å². The molecule has 0 saturated heterocycles. The number of aromatic nitrogens is 2. The van der Waals surface area contributed by atoms with Crippen LogP contribution in [0.25, 0.3) is 11.4 Å². The molecule has 4 nitrogen and oxygen atoms in total. The van der Waals surface area contributed by atoms with Crippen molar-refractivity contribution < 1.29 is 17.1 Å². The molecule has 0 bridgehead atoms. The number of hydrogen-bond acceptors (Lipinski definition) is 3. The third-order valence-electron chi connectivity index (χ3n) is 5.24. The molecule has 3 aliphatic rings. The molecular weight excluding hydrogens is 472 g/mol. The molecule has 0 aliphatic heterocycles. The second kappa shape index (κ2) is 12.2. The summed E-state index contributed by atoms with van der Waals surface area (Å²) in [5, 5.41) is 18.3. The molecule has 1 heterocycles. The van der Waals surface area contributed by atoms with Gasteiger partial charge in [0.05, 0.1) is 0 Å². The summed E-state index contributed by atoms with van der Waals surface area (Å²) in [6, 6.07) is 11.6. The van der Waals surface area contributed by atoms with Crippen molar-refractivity contribution in [2.24, 2.45) is 7.05 Å². The van der Waals surface area contributed by atoms with Crippen LogP contribution < -0.4 is 0 Å². The molecule has 0 atom stereocenters. The van der Waals surface area contributed by atoms with Crippen LogP contribution >= 0.6 is 0 Å². The monoisotopic (exact) mass is 492 g/mol. The maximum atomic E-state index is 9.20. The molecule has 3 aliphatic carbocycles. The minimum atomic E-state index is 0. The minimum absolute atomic E-state index is 0. The zero-order valence-corrected chi connectivity index (χ0v) is 20.1. The van der Waals surface area contributed by atoms with Crippen molar-refractivity contribution in [3.05, 3.63) is 138 Å². The Balaban J connectivity index is 0.000000509. The van der Waals surface area contributed by atoms with E-state index in [9.17, 15) is 5.26 Å². The van der Waals surface area contributed by atoms with Crippen LogP contribution in [0.15, 0.2) is 95.7 Å². The van der Waals surface area contributed by atoms with E-state index in [-0.39, 0.29) is 28.5 Å². The maximum Gasteiger partial charge on any atom is 2.00 e. The first-order chi connectivity index (χ1) is 16.7. The normalized spacial score (nSPS) is 14.3. The van der Waals surface area contributed by atoms with E-state index in [1.165, 1.54) is 11.1 Å². The van der Waals surface area contributed by atoms with Crippen molar-refractivity contribution in [2.45, 2.75) is 0 Å². The molecule has 35 heavy (non-hydrogen) atoms. The van der Waals surface area contributed by atoms with Crippen molar-refractivity contribution in [1.29, 1.82) is 10.5 Å². The van der Waals surface area contributed by atoms with Gasteiger partial charge in [-0.15, -0.1) is 49.0 Å². The predicted octanol–water partition coefficient (Wildman–Crippen LogP) is 5.47. The Morgan fingerprint density at radius 3 is 2.20 bits per heavy atom. The third-order valence-corrected chi connectivity index (χ3v) is 5.24. The fraction of sp³-hybridized carbons (Fsp3) is 0.0333. The molecule has 0 saturated carbocycles. The first-order valence-corrected chi connectivity index (χ1v) is 10.7. The summed E-state index contributed by atoms with van der Waals surface area (Å²) in [4.78, 5) is 4.27. The molecule has 5 rings (SSSR count). The Hall–Kier alpha value is -4.33. The second-order valence-electron chi connectivity index (χ2n) is 7.46. The predicted molar refractivity (Wildman–Crippen MR) is 134 cm³/mol. The molecule has 2 radical (unpaired) electrons.